The number of aromatic nitrogens is 3. The summed E-state index contributed by atoms with van der Waals surface area (Å²) in [6.45, 7) is 0.639. The molecule has 0 saturated heterocycles. The van der Waals surface area contributed by atoms with Crippen LogP contribution < -0.4 is 21.3 Å². The molecule has 3 heterocycles. The fourth-order valence-corrected chi connectivity index (χ4v) is 3.93. The SMILES string of the molecule is Nc1ccccc1N1C=CSC1Nc1cc(NCc2nccs2)ncn1. The van der Waals surface area contributed by atoms with E-state index in [2.05, 4.69) is 30.5 Å². The maximum atomic E-state index is 6.11. The van der Waals surface area contributed by atoms with Gasteiger partial charge in [-0.3, -0.25) is 0 Å². The highest BCUT2D eigenvalue weighted by Gasteiger charge is 2.23. The number of rotatable bonds is 6. The molecule has 4 rings (SSSR count). The number of thioether (sulfide) groups is 1. The maximum Gasteiger partial charge on any atom is 0.157 e. The largest absolute Gasteiger partial charge is 0.397 e. The van der Waals surface area contributed by atoms with Crippen molar-refractivity contribution in [2.75, 3.05) is 21.3 Å². The van der Waals surface area contributed by atoms with Gasteiger partial charge in [0, 0.05) is 23.8 Å². The minimum absolute atomic E-state index is 0.0265. The highest BCUT2D eigenvalue weighted by molar-refractivity contribution is 8.03. The van der Waals surface area contributed by atoms with Crippen LogP contribution in [-0.2, 0) is 6.54 Å². The van der Waals surface area contributed by atoms with E-state index in [0.29, 0.717) is 6.54 Å². The fraction of sp³-hybridized carbons (Fsp3) is 0.118. The van der Waals surface area contributed by atoms with Crippen molar-refractivity contribution in [3.05, 3.63) is 64.9 Å². The third-order valence-electron chi connectivity index (χ3n) is 3.74. The highest BCUT2D eigenvalue weighted by Crippen LogP contribution is 2.34. The average Bonchev–Trinajstić information content (AvgIpc) is 3.33. The van der Waals surface area contributed by atoms with Crippen molar-refractivity contribution in [2.24, 2.45) is 0 Å². The first-order valence-electron chi connectivity index (χ1n) is 7.95. The predicted octanol–water partition coefficient (Wildman–Crippen LogP) is 3.55. The van der Waals surface area contributed by atoms with Gasteiger partial charge in [0.2, 0.25) is 0 Å². The van der Waals surface area contributed by atoms with Crippen LogP contribution >= 0.6 is 23.1 Å². The molecule has 1 aliphatic heterocycles. The molecule has 26 heavy (non-hydrogen) atoms. The lowest BCUT2D eigenvalue weighted by Gasteiger charge is -2.27. The summed E-state index contributed by atoms with van der Waals surface area (Å²) in [6.07, 6.45) is 5.35. The quantitative estimate of drug-likeness (QED) is 0.557. The topological polar surface area (TPSA) is 92.0 Å². The molecule has 0 amide bonds. The third kappa shape index (κ3) is 3.73. The van der Waals surface area contributed by atoms with Crippen LogP contribution in [0.4, 0.5) is 23.0 Å². The Labute approximate surface area is 159 Å². The molecule has 1 atom stereocenters. The zero-order valence-corrected chi connectivity index (χ0v) is 15.4. The summed E-state index contributed by atoms with van der Waals surface area (Å²) in [4.78, 5) is 14.9. The molecule has 0 radical (unpaired) electrons. The van der Waals surface area contributed by atoms with E-state index in [1.807, 2.05) is 47.3 Å². The number of anilines is 4. The van der Waals surface area contributed by atoms with Crippen molar-refractivity contribution in [3.63, 3.8) is 0 Å². The molecular weight excluding hydrogens is 366 g/mol. The minimum atomic E-state index is -0.0265. The molecule has 0 bridgehead atoms. The molecule has 1 aromatic carbocycles. The van der Waals surface area contributed by atoms with E-state index < -0.39 is 0 Å². The number of nitrogen functional groups attached to an aromatic ring is 1. The second-order valence-electron chi connectivity index (χ2n) is 5.45. The molecule has 2 aromatic heterocycles. The molecule has 0 spiro atoms. The molecule has 0 fully saturated rings. The molecule has 7 nitrogen and oxygen atoms in total. The zero-order valence-electron chi connectivity index (χ0n) is 13.7. The van der Waals surface area contributed by atoms with Gasteiger partial charge in [-0.05, 0) is 17.5 Å². The summed E-state index contributed by atoms with van der Waals surface area (Å²) in [6, 6.07) is 9.69. The molecule has 0 aliphatic carbocycles. The van der Waals surface area contributed by atoms with Crippen LogP contribution in [0.2, 0.25) is 0 Å². The summed E-state index contributed by atoms with van der Waals surface area (Å²) in [7, 11) is 0. The maximum absolute atomic E-state index is 6.11. The van der Waals surface area contributed by atoms with Gasteiger partial charge in [-0.1, -0.05) is 23.9 Å². The molecule has 9 heteroatoms. The van der Waals surface area contributed by atoms with Gasteiger partial charge in [0.15, 0.2) is 5.50 Å². The molecule has 1 aliphatic rings. The molecule has 1 unspecified atom stereocenters. The Morgan fingerprint density at radius 1 is 1.15 bits per heavy atom. The Kier molecular flexibility index (Phi) is 4.89. The molecule has 132 valence electrons. The lowest BCUT2D eigenvalue weighted by Crippen LogP contribution is -2.32. The van der Waals surface area contributed by atoms with E-state index in [0.717, 1.165) is 28.0 Å². The van der Waals surface area contributed by atoms with Gasteiger partial charge in [-0.15, -0.1) is 11.3 Å². The minimum Gasteiger partial charge on any atom is -0.397 e. The van der Waals surface area contributed by atoms with Gasteiger partial charge in [0.05, 0.1) is 17.9 Å². The number of nitrogens with zero attached hydrogens (tertiary/aromatic N) is 4. The van der Waals surface area contributed by atoms with Crippen molar-refractivity contribution >= 4 is 46.1 Å². The lowest BCUT2D eigenvalue weighted by atomic mass is 10.2. The van der Waals surface area contributed by atoms with Crippen LogP contribution in [0.25, 0.3) is 0 Å². The van der Waals surface area contributed by atoms with Gasteiger partial charge in [-0.2, -0.15) is 0 Å². The first kappa shape index (κ1) is 16.7. The molecule has 0 saturated carbocycles. The number of hydrogen-bond donors (Lipinski definition) is 3. The predicted molar refractivity (Wildman–Crippen MR) is 109 cm³/mol. The smallest absolute Gasteiger partial charge is 0.157 e. The third-order valence-corrected chi connectivity index (χ3v) is 5.40. The van der Waals surface area contributed by atoms with Gasteiger partial charge in [-0.25, -0.2) is 15.0 Å². The Bertz CT molecular complexity index is 898. The van der Waals surface area contributed by atoms with E-state index in [1.54, 1.807) is 35.6 Å². The number of para-hydroxylation sites is 2. The molecule has 4 N–H and O–H groups in total. The van der Waals surface area contributed by atoms with E-state index in [4.69, 9.17) is 5.73 Å². The van der Waals surface area contributed by atoms with Crippen LogP contribution in [0, 0.1) is 0 Å². The Balaban J connectivity index is 1.45. The molecule has 3 aromatic rings. The van der Waals surface area contributed by atoms with Gasteiger partial charge in [0.25, 0.3) is 0 Å². The standard InChI is InChI=1S/C17H17N7S2/c18-12-3-1-2-4-13(12)24-6-8-26-17(24)23-15-9-14(21-11-22-15)20-10-16-19-5-7-25-16/h1-9,11,17H,10,18H2,(H2,20,21,22,23). The number of hydrogen-bond acceptors (Lipinski definition) is 9. The summed E-state index contributed by atoms with van der Waals surface area (Å²) in [5.74, 6) is 1.49. The van der Waals surface area contributed by atoms with E-state index in [1.165, 1.54) is 0 Å². The monoisotopic (exact) mass is 383 g/mol. The summed E-state index contributed by atoms with van der Waals surface area (Å²) in [5.41, 5.74) is 7.78. The number of thiazole rings is 1. The van der Waals surface area contributed by atoms with Crippen LogP contribution in [0.15, 0.2) is 59.8 Å². The van der Waals surface area contributed by atoms with E-state index >= 15 is 0 Å². The first-order chi connectivity index (χ1) is 12.8. The number of benzene rings is 1. The Hall–Kier alpha value is -2.78. The van der Waals surface area contributed by atoms with Gasteiger partial charge in [0.1, 0.15) is 23.0 Å². The highest BCUT2D eigenvalue weighted by atomic mass is 32.2. The number of nitrogens with two attached hydrogens (primary N) is 1. The van der Waals surface area contributed by atoms with Crippen LogP contribution in [0.3, 0.4) is 0 Å². The normalized spacial score (nSPS) is 16.0. The van der Waals surface area contributed by atoms with Crippen LogP contribution in [-0.4, -0.2) is 20.4 Å². The summed E-state index contributed by atoms with van der Waals surface area (Å²) >= 11 is 3.26. The zero-order chi connectivity index (χ0) is 17.8. The summed E-state index contributed by atoms with van der Waals surface area (Å²) < 4.78 is 0. The van der Waals surface area contributed by atoms with Crippen molar-refractivity contribution in [1.82, 2.24) is 15.0 Å². The van der Waals surface area contributed by atoms with Gasteiger partial charge < -0.3 is 21.3 Å². The van der Waals surface area contributed by atoms with Crippen LogP contribution in [0.1, 0.15) is 5.01 Å². The molecular formula is C17H17N7S2. The Morgan fingerprint density at radius 3 is 2.88 bits per heavy atom. The van der Waals surface area contributed by atoms with Crippen molar-refractivity contribution < 1.29 is 0 Å². The Morgan fingerprint density at radius 2 is 2.04 bits per heavy atom. The van der Waals surface area contributed by atoms with Crippen molar-refractivity contribution in [3.8, 4) is 0 Å². The van der Waals surface area contributed by atoms with Crippen molar-refractivity contribution in [1.29, 1.82) is 0 Å². The van der Waals surface area contributed by atoms with E-state index in [-0.39, 0.29) is 5.50 Å². The van der Waals surface area contributed by atoms with Crippen molar-refractivity contribution in [2.45, 2.75) is 12.0 Å². The number of nitrogens with one attached hydrogen (secondary N) is 2. The second-order valence-corrected chi connectivity index (χ2v) is 7.42. The fourth-order valence-electron chi connectivity index (χ4n) is 2.52. The lowest BCUT2D eigenvalue weighted by molar-refractivity contribution is 0.963. The van der Waals surface area contributed by atoms with Crippen LogP contribution in [0.5, 0.6) is 0 Å². The average molecular weight is 384 g/mol. The van der Waals surface area contributed by atoms with Gasteiger partial charge >= 0.3 is 0 Å². The summed E-state index contributed by atoms with van der Waals surface area (Å²) in [5, 5.41) is 11.7. The van der Waals surface area contributed by atoms with E-state index in [9.17, 15) is 0 Å². The second kappa shape index (κ2) is 7.63. The first-order valence-corrected chi connectivity index (χ1v) is 9.77.